The minimum absolute atomic E-state index is 0.0853. The third kappa shape index (κ3) is 5.53. The summed E-state index contributed by atoms with van der Waals surface area (Å²) in [6.07, 6.45) is 1.75. The molecule has 3 aromatic rings. The van der Waals surface area contributed by atoms with Crippen molar-refractivity contribution in [3.05, 3.63) is 71.3 Å². The van der Waals surface area contributed by atoms with Crippen LogP contribution in [0.1, 0.15) is 15.9 Å². The zero-order valence-corrected chi connectivity index (χ0v) is 18.7. The normalized spacial score (nSPS) is 10.5. The van der Waals surface area contributed by atoms with E-state index in [1.165, 1.54) is 37.1 Å². The van der Waals surface area contributed by atoms with Gasteiger partial charge in [-0.05, 0) is 25.1 Å². The van der Waals surface area contributed by atoms with E-state index in [1.807, 2.05) is 35.8 Å². The second kappa shape index (κ2) is 10.3. The number of methoxy groups -OCH3 is 1. The van der Waals surface area contributed by atoms with E-state index in [-0.39, 0.29) is 11.7 Å². The van der Waals surface area contributed by atoms with E-state index in [1.54, 1.807) is 6.08 Å². The fourth-order valence-electron chi connectivity index (χ4n) is 2.79. The summed E-state index contributed by atoms with van der Waals surface area (Å²) in [7, 11) is 1.29. The maximum atomic E-state index is 12.5. The number of nitrogens with zero attached hydrogens (tertiary/aromatic N) is 3. The number of benzene rings is 2. The predicted molar refractivity (Wildman–Crippen MR) is 123 cm³/mol. The number of carbonyl (C=O) groups excluding carboxylic acids is 2. The van der Waals surface area contributed by atoms with E-state index in [0.29, 0.717) is 33.8 Å². The molecule has 2 aromatic carbocycles. The molecule has 0 atom stereocenters. The number of esters is 1. The first-order valence-electron chi connectivity index (χ1n) is 9.34. The number of rotatable bonds is 8. The molecule has 1 N–H and O–H groups in total. The fourth-order valence-corrected chi connectivity index (χ4v) is 3.70. The van der Waals surface area contributed by atoms with Crippen molar-refractivity contribution in [1.82, 2.24) is 14.8 Å². The molecule has 0 fully saturated rings. The average molecular weight is 457 g/mol. The molecule has 0 aliphatic carbocycles. The quantitative estimate of drug-likeness (QED) is 0.302. The van der Waals surface area contributed by atoms with E-state index in [0.717, 1.165) is 11.1 Å². The summed E-state index contributed by atoms with van der Waals surface area (Å²) >= 11 is 7.39. The van der Waals surface area contributed by atoms with Gasteiger partial charge >= 0.3 is 5.97 Å². The van der Waals surface area contributed by atoms with Crippen LogP contribution in [0.2, 0.25) is 5.02 Å². The number of nitrogens with one attached hydrogen (secondary N) is 1. The Morgan fingerprint density at radius 3 is 2.65 bits per heavy atom. The number of halogens is 1. The van der Waals surface area contributed by atoms with Gasteiger partial charge in [-0.1, -0.05) is 59.3 Å². The topological polar surface area (TPSA) is 86.1 Å². The molecular formula is C22H21ClN4O3S. The smallest absolute Gasteiger partial charge is 0.337 e. The van der Waals surface area contributed by atoms with Crippen molar-refractivity contribution in [2.24, 2.45) is 0 Å². The number of thioether (sulfide) groups is 1. The van der Waals surface area contributed by atoms with Gasteiger partial charge in [0.15, 0.2) is 11.0 Å². The summed E-state index contributed by atoms with van der Waals surface area (Å²) in [4.78, 5) is 24.2. The highest BCUT2D eigenvalue weighted by atomic mass is 35.5. The van der Waals surface area contributed by atoms with Crippen LogP contribution in [-0.4, -0.2) is 39.5 Å². The van der Waals surface area contributed by atoms with Gasteiger partial charge in [0.05, 0.1) is 29.1 Å². The van der Waals surface area contributed by atoms with Gasteiger partial charge in [0.1, 0.15) is 0 Å². The molecule has 0 aliphatic heterocycles. The Bertz CT molecular complexity index is 1110. The summed E-state index contributed by atoms with van der Waals surface area (Å²) in [5.41, 5.74) is 2.72. The highest BCUT2D eigenvalue weighted by Gasteiger charge is 2.16. The number of hydrogen-bond donors (Lipinski definition) is 1. The number of aromatic nitrogens is 3. The molecule has 0 unspecified atom stereocenters. The van der Waals surface area contributed by atoms with Crippen molar-refractivity contribution >= 4 is 40.9 Å². The first-order valence-corrected chi connectivity index (χ1v) is 10.7. The molecule has 0 bridgehead atoms. The summed E-state index contributed by atoms with van der Waals surface area (Å²) in [5, 5.41) is 12.2. The third-order valence-corrected chi connectivity index (χ3v) is 5.63. The van der Waals surface area contributed by atoms with E-state index in [9.17, 15) is 9.59 Å². The van der Waals surface area contributed by atoms with Crippen LogP contribution in [0.3, 0.4) is 0 Å². The Kier molecular flexibility index (Phi) is 7.49. The predicted octanol–water partition coefficient (Wildman–Crippen LogP) is 4.61. The molecular weight excluding hydrogens is 436 g/mol. The molecule has 1 aromatic heterocycles. The minimum Gasteiger partial charge on any atom is -0.465 e. The molecule has 7 nitrogen and oxygen atoms in total. The maximum Gasteiger partial charge on any atom is 0.337 e. The second-order valence-electron chi connectivity index (χ2n) is 6.59. The lowest BCUT2D eigenvalue weighted by atomic mass is 10.1. The molecule has 0 radical (unpaired) electrons. The first-order chi connectivity index (χ1) is 14.9. The van der Waals surface area contributed by atoms with Crippen molar-refractivity contribution < 1.29 is 14.3 Å². The van der Waals surface area contributed by atoms with Crippen LogP contribution in [0.4, 0.5) is 5.69 Å². The SMILES string of the molecule is C=CCn1c(SCC(=O)Nc2cc(C(=O)OC)ccc2Cl)nnc1-c1ccc(C)cc1. The third-order valence-electron chi connectivity index (χ3n) is 4.33. The van der Waals surface area contributed by atoms with E-state index in [4.69, 9.17) is 16.3 Å². The van der Waals surface area contributed by atoms with Gasteiger partial charge in [0, 0.05) is 12.1 Å². The molecule has 31 heavy (non-hydrogen) atoms. The summed E-state index contributed by atoms with van der Waals surface area (Å²) in [6, 6.07) is 12.5. The Morgan fingerprint density at radius 1 is 1.23 bits per heavy atom. The van der Waals surface area contributed by atoms with Crippen molar-refractivity contribution in [3.8, 4) is 11.4 Å². The van der Waals surface area contributed by atoms with Crippen molar-refractivity contribution in [3.63, 3.8) is 0 Å². The van der Waals surface area contributed by atoms with Gasteiger partial charge in [-0.2, -0.15) is 0 Å². The summed E-state index contributed by atoms with van der Waals surface area (Å²) in [6.45, 7) is 6.32. The number of amides is 1. The minimum atomic E-state index is -0.511. The van der Waals surface area contributed by atoms with Crippen LogP contribution in [0.5, 0.6) is 0 Å². The number of allylic oxidation sites excluding steroid dienone is 1. The van der Waals surface area contributed by atoms with E-state index in [2.05, 4.69) is 22.1 Å². The lowest BCUT2D eigenvalue weighted by Crippen LogP contribution is -2.15. The average Bonchev–Trinajstić information content (AvgIpc) is 3.16. The second-order valence-corrected chi connectivity index (χ2v) is 7.94. The van der Waals surface area contributed by atoms with Crippen LogP contribution in [0, 0.1) is 6.92 Å². The van der Waals surface area contributed by atoms with Gasteiger partial charge < -0.3 is 10.1 Å². The molecule has 0 saturated carbocycles. The zero-order valence-electron chi connectivity index (χ0n) is 17.1. The molecule has 0 spiro atoms. The largest absolute Gasteiger partial charge is 0.465 e. The van der Waals surface area contributed by atoms with Crippen LogP contribution >= 0.6 is 23.4 Å². The fraction of sp³-hybridized carbons (Fsp3) is 0.182. The maximum absolute atomic E-state index is 12.5. The Balaban J connectivity index is 1.72. The van der Waals surface area contributed by atoms with Crippen LogP contribution in [-0.2, 0) is 16.1 Å². The van der Waals surface area contributed by atoms with Gasteiger partial charge in [0.2, 0.25) is 5.91 Å². The number of carbonyl (C=O) groups is 2. The Morgan fingerprint density at radius 2 is 1.97 bits per heavy atom. The zero-order chi connectivity index (χ0) is 22.4. The van der Waals surface area contributed by atoms with Gasteiger partial charge in [-0.15, -0.1) is 16.8 Å². The standard InChI is InChI=1S/C22H21ClN4O3S/c1-4-11-27-20(15-7-5-14(2)6-8-15)25-26-22(27)31-13-19(28)24-18-12-16(21(29)30-3)9-10-17(18)23/h4-10,12H,1,11,13H2,2-3H3,(H,24,28). The molecule has 9 heteroatoms. The monoisotopic (exact) mass is 456 g/mol. The Hall–Kier alpha value is -3.10. The molecule has 1 amide bonds. The molecule has 0 saturated heterocycles. The van der Waals surface area contributed by atoms with Gasteiger partial charge in [-0.3, -0.25) is 9.36 Å². The first kappa shape index (κ1) is 22.6. The Labute approximate surface area is 189 Å². The number of anilines is 1. The highest BCUT2D eigenvalue weighted by molar-refractivity contribution is 7.99. The number of ether oxygens (including phenoxy) is 1. The summed E-state index contributed by atoms with van der Waals surface area (Å²) < 4.78 is 6.60. The lowest BCUT2D eigenvalue weighted by molar-refractivity contribution is -0.113. The van der Waals surface area contributed by atoms with Crippen LogP contribution in [0.15, 0.2) is 60.3 Å². The molecule has 3 rings (SSSR count). The molecule has 1 heterocycles. The lowest BCUT2D eigenvalue weighted by Gasteiger charge is -2.10. The van der Waals surface area contributed by atoms with Gasteiger partial charge in [-0.25, -0.2) is 4.79 Å². The highest BCUT2D eigenvalue weighted by Crippen LogP contribution is 2.26. The number of hydrogen-bond acceptors (Lipinski definition) is 6. The van der Waals surface area contributed by atoms with Crippen LogP contribution in [0.25, 0.3) is 11.4 Å². The molecule has 160 valence electrons. The van der Waals surface area contributed by atoms with Crippen LogP contribution < -0.4 is 5.32 Å². The van der Waals surface area contributed by atoms with Crippen molar-refractivity contribution in [2.75, 3.05) is 18.2 Å². The number of aryl methyl sites for hydroxylation is 1. The van der Waals surface area contributed by atoms with Crippen molar-refractivity contribution in [1.29, 1.82) is 0 Å². The van der Waals surface area contributed by atoms with E-state index < -0.39 is 5.97 Å². The molecule has 0 aliphatic rings. The van der Waals surface area contributed by atoms with Crippen molar-refractivity contribution in [2.45, 2.75) is 18.6 Å². The van der Waals surface area contributed by atoms with Gasteiger partial charge in [0.25, 0.3) is 0 Å². The summed E-state index contributed by atoms with van der Waals surface area (Å²) in [5.74, 6) is -0.0135. The van der Waals surface area contributed by atoms with E-state index >= 15 is 0 Å².